The van der Waals surface area contributed by atoms with E-state index >= 15 is 0 Å². The molecule has 3 aromatic rings. The van der Waals surface area contributed by atoms with Crippen LogP contribution in [-0.2, 0) is 11.3 Å². The topological polar surface area (TPSA) is 80.5 Å². The Labute approximate surface area is 199 Å². The molecule has 0 saturated carbocycles. The number of amides is 1. The van der Waals surface area contributed by atoms with Crippen molar-refractivity contribution in [3.63, 3.8) is 0 Å². The number of carbonyl (C=O) groups is 1. The summed E-state index contributed by atoms with van der Waals surface area (Å²) in [6.45, 7) is 4.26. The van der Waals surface area contributed by atoms with Crippen LogP contribution in [0.4, 0.5) is 0 Å². The number of ether oxygens (including phenoxy) is 1. The van der Waals surface area contributed by atoms with E-state index in [1.54, 1.807) is 13.2 Å². The number of hydrogen-bond acceptors (Lipinski definition) is 6. The summed E-state index contributed by atoms with van der Waals surface area (Å²) in [6.07, 6.45) is 2.44. The van der Waals surface area contributed by atoms with Crippen LogP contribution in [0.25, 0.3) is 11.4 Å². The number of piperidine rings is 1. The van der Waals surface area contributed by atoms with Crippen LogP contribution >= 0.6 is 11.6 Å². The summed E-state index contributed by atoms with van der Waals surface area (Å²) in [6, 6.07) is 15.3. The first-order chi connectivity index (χ1) is 16.1. The molecule has 0 radical (unpaired) electrons. The second-order valence-corrected chi connectivity index (χ2v) is 8.69. The largest absolute Gasteiger partial charge is 0.497 e. The number of carbonyl (C=O) groups excluding carboxylic acids is 1. The molecule has 1 aliphatic rings. The third-order valence-corrected chi connectivity index (χ3v) is 6.47. The molecule has 0 spiro atoms. The Balaban J connectivity index is 1.28. The average molecular weight is 469 g/mol. The number of rotatable bonds is 8. The summed E-state index contributed by atoms with van der Waals surface area (Å²) in [4.78, 5) is 19.7. The maximum Gasteiger partial charge on any atom is 0.241 e. The van der Waals surface area contributed by atoms with Crippen molar-refractivity contribution >= 4 is 17.5 Å². The van der Waals surface area contributed by atoms with Gasteiger partial charge in [-0.05, 0) is 62.2 Å². The SMILES string of the molecule is CCC(NC(=O)C1CCN(Cc2nc(-c3ccccc3Cl)no2)CC1)c1ccc(OC)cc1. The monoisotopic (exact) mass is 468 g/mol. The minimum atomic E-state index is 0.00283. The van der Waals surface area contributed by atoms with Crippen LogP contribution < -0.4 is 10.1 Å². The summed E-state index contributed by atoms with van der Waals surface area (Å²) in [7, 11) is 1.65. The van der Waals surface area contributed by atoms with Gasteiger partial charge in [-0.1, -0.05) is 47.9 Å². The molecule has 4 rings (SSSR count). The van der Waals surface area contributed by atoms with E-state index in [1.807, 2.05) is 42.5 Å². The van der Waals surface area contributed by atoms with Crippen LogP contribution in [0.5, 0.6) is 5.75 Å². The Bertz CT molecular complexity index is 1060. The molecule has 8 heteroatoms. The second kappa shape index (κ2) is 10.8. The molecule has 1 N–H and O–H groups in total. The zero-order valence-electron chi connectivity index (χ0n) is 19.0. The maximum absolute atomic E-state index is 12.9. The molecule has 1 aromatic heterocycles. The van der Waals surface area contributed by atoms with E-state index in [2.05, 4.69) is 27.3 Å². The zero-order chi connectivity index (χ0) is 23.2. The van der Waals surface area contributed by atoms with E-state index in [9.17, 15) is 4.79 Å². The highest BCUT2D eigenvalue weighted by Gasteiger charge is 2.27. The number of methoxy groups -OCH3 is 1. The fourth-order valence-electron chi connectivity index (χ4n) is 4.16. The maximum atomic E-state index is 12.9. The molecule has 0 bridgehead atoms. The third kappa shape index (κ3) is 5.72. The van der Waals surface area contributed by atoms with Gasteiger partial charge in [-0.15, -0.1) is 0 Å². The molecule has 1 saturated heterocycles. The van der Waals surface area contributed by atoms with Gasteiger partial charge in [0.25, 0.3) is 0 Å². The van der Waals surface area contributed by atoms with Crippen molar-refractivity contribution in [2.24, 2.45) is 5.92 Å². The van der Waals surface area contributed by atoms with E-state index in [4.69, 9.17) is 20.9 Å². The van der Waals surface area contributed by atoms with Crippen molar-refractivity contribution in [3.8, 4) is 17.1 Å². The van der Waals surface area contributed by atoms with Crippen LogP contribution in [-0.4, -0.2) is 41.1 Å². The lowest BCUT2D eigenvalue weighted by molar-refractivity contribution is -0.127. The van der Waals surface area contributed by atoms with Crippen molar-refractivity contribution in [2.45, 2.75) is 38.8 Å². The summed E-state index contributed by atoms with van der Waals surface area (Å²) in [5.41, 5.74) is 1.85. The molecule has 2 aromatic carbocycles. The first-order valence-corrected chi connectivity index (χ1v) is 11.7. The fraction of sp³-hybridized carbons (Fsp3) is 0.400. The standard InChI is InChI=1S/C25H29ClN4O3/c1-3-22(17-8-10-19(32-2)11-9-17)27-25(31)18-12-14-30(15-13-18)16-23-28-24(29-33-23)20-6-4-5-7-21(20)26/h4-11,18,22H,3,12-16H2,1-2H3,(H,27,31). The van der Waals surface area contributed by atoms with E-state index in [0.717, 1.165) is 49.2 Å². The molecule has 7 nitrogen and oxygen atoms in total. The smallest absolute Gasteiger partial charge is 0.241 e. The predicted molar refractivity (Wildman–Crippen MR) is 127 cm³/mol. The molecular formula is C25H29ClN4O3. The number of benzene rings is 2. The lowest BCUT2D eigenvalue weighted by Gasteiger charge is -2.31. The van der Waals surface area contributed by atoms with E-state index in [0.29, 0.717) is 23.3 Å². The van der Waals surface area contributed by atoms with E-state index in [1.165, 1.54) is 0 Å². The number of aromatic nitrogens is 2. The number of nitrogens with zero attached hydrogens (tertiary/aromatic N) is 3. The Morgan fingerprint density at radius 3 is 2.61 bits per heavy atom. The molecule has 1 atom stereocenters. The number of hydrogen-bond donors (Lipinski definition) is 1. The average Bonchev–Trinajstić information content (AvgIpc) is 3.31. The van der Waals surface area contributed by atoms with Crippen LogP contribution in [0.3, 0.4) is 0 Å². The highest BCUT2D eigenvalue weighted by molar-refractivity contribution is 6.33. The highest BCUT2D eigenvalue weighted by atomic mass is 35.5. The lowest BCUT2D eigenvalue weighted by atomic mass is 9.94. The van der Waals surface area contributed by atoms with Crippen LogP contribution in [0, 0.1) is 5.92 Å². The van der Waals surface area contributed by atoms with Crippen molar-refractivity contribution in [3.05, 3.63) is 65.0 Å². The van der Waals surface area contributed by atoms with Gasteiger partial charge >= 0.3 is 0 Å². The minimum Gasteiger partial charge on any atom is -0.497 e. The molecule has 1 amide bonds. The van der Waals surface area contributed by atoms with Gasteiger partial charge < -0.3 is 14.6 Å². The summed E-state index contributed by atoms with van der Waals surface area (Å²) in [5.74, 6) is 1.99. The van der Waals surface area contributed by atoms with Gasteiger partial charge in [-0.2, -0.15) is 4.98 Å². The molecule has 1 unspecified atom stereocenters. The summed E-state index contributed by atoms with van der Waals surface area (Å²) in [5, 5.41) is 7.89. The van der Waals surface area contributed by atoms with Gasteiger partial charge in [-0.3, -0.25) is 9.69 Å². The van der Waals surface area contributed by atoms with Crippen molar-refractivity contribution < 1.29 is 14.1 Å². The Morgan fingerprint density at radius 2 is 1.94 bits per heavy atom. The van der Waals surface area contributed by atoms with Gasteiger partial charge in [0.05, 0.1) is 24.7 Å². The first kappa shape index (κ1) is 23.3. The number of likely N-dealkylation sites (tertiary alicyclic amines) is 1. The molecule has 33 heavy (non-hydrogen) atoms. The second-order valence-electron chi connectivity index (χ2n) is 8.28. The molecular weight excluding hydrogens is 440 g/mol. The van der Waals surface area contributed by atoms with Crippen LogP contribution in [0.1, 0.15) is 43.7 Å². The molecule has 1 fully saturated rings. The van der Waals surface area contributed by atoms with Gasteiger partial charge in [-0.25, -0.2) is 0 Å². The van der Waals surface area contributed by atoms with Crippen molar-refractivity contribution in [2.75, 3.05) is 20.2 Å². The Morgan fingerprint density at radius 1 is 1.21 bits per heavy atom. The lowest BCUT2D eigenvalue weighted by Crippen LogP contribution is -2.41. The highest BCUT2D eigenvalue weighted by Crippen LogP contribution is 2.26. The predicted octanol–water partition coefficient (Wildman–Crippen LogP) is 4.88. The van der Waals surface area contributed by atoms with Crippen molar-refractivity contribution in [1.29, 1.82) is 0 Å². The molecule has 0 aliphatic carbocycles. The van der Waals surface area contributed by atoms with Crippen molar-refractivity contribution in [1.82, 2.24) is 20.4 Å². The van der Waals surface area contributed by atoms with Gasteiger partial charge in [0.1, 0.15) is 5.75 Å². The molecule has 174 valence electrons. The quantitative estimate of drug-likeness (QED) is 0.507. The van der Waals surface area contributed by atoms with Gasteiger partial charge in [0, 0.05) is 11.5 Å². The number of nitrogens with one attached hydrogen (secondary N) is 1. The normalized spacial score (nSPS) is 15.8. The van der Waals surface area contributed by atoms with Crippen LogP contribution in [0.2, 0.25) is 5.02 Å². The summed E-state index contributed by atoms with van der Waals surface area (Å²) >= 11 is 6.23. The van der Waals surface area contributed by atoms with E-state index in [-0.39, 0.29) is 17.9 Å². The van der Waals surface area contributed by atoms with Gasteiger partial charge in [0.2, 0.25) is 17.6 Å². The minimum absolute atomic E-state index is 0.00283. The first-order valence-electron chi connectivity index (χ1n) is 11.3. The van der Waals surface area contributed by atoms with E-state index < -0.39 is 0 Å². The van der Waals surface area contributed by atoms with Crippen LogP contribution in [0.15, 0.2) is 53.1 Å². The molecule has 1 aliphatic heterocycles. The fourth-order valence-corrected chi connectivity index (χ4v) is 4.38. The summed E-state index contributed by atoms with van der Waals surface area (Å²) < 4.78 is 10.7. The third-order valence-electron chi connectivity index (χ3n) is 6.14. The Kier molecular flexibility index (Phi) is 7.62. The zero-order valence-corrected chi connectivity index (χ0v) is 19.7. The molecule has 2 heterocycles. The van der Waals surface area contributed by atoms with Gasteiger partial charge in [0.15, 0.2) is 0 Å². The number of halogens is 1. The Hall–Kier alpha value is -2.90.